The molecule has 23 heavy (non-hydrogen) atoms. The van der Waals surface area contributed by atoms with Crippen LogP contribution in [-0.4, -0.2) is 35.4 Å². The summed E-state index contributed by atoms with van der Waals surface area (Å²) in [6.45, 7) is 2.93. The fourth-order valence-electron chi connectivity index (χ4n) is 2.92. The van der Waals surface area contributed by atoms with E-state index in [0.717, 1.165) is 25.1 Å². The SMILES string of the molecule is O=C(c1ccccc1F)N(Cc1cccnc1)C[C@@H]1CCNC1. The van der Waals surface area contributed by atoms with Gasteiger partial charge in [0.05, 0.1) is 5.56 Å². The molecule has 120 valence electrons. The molecule has 0 radical (unpaired) electrons. The molecule has 1 N–H and O–H groups in total. The zero-order valence-corrected chi connectivity index (χ0v) is 12.9. The number of carbonyl (C=O) groups excluding carboxylic acids is 1. The number of aromatic nitrogens is 1. The first-order chi connectivity index (χ1) is 11.2. The first-order valence-electron chi connectivity index (χ1n) is 7.87. The van der Waals surface area contributed by atoms with Crippen molar-refractivity contribution in [1.29, 1.82) is 0 Å². The standard InChI is InChI=1S/C18H20FN3O/c19-17-6-2-1-5-16(17)18(23)22(13-15-7-9-21-11-15)12-14-4-3-8-20-10-14/h1-6,8,10,15,21H,7,9,11-13H2/t15-/m1/s1. The third-order valence-corrected chi connectivity index (χ3v) is 4.13. The van der Waals surface area contributed by atoms with Crippen molar-refractivity contribution in [3.05, 3.63) is 65.7 Å². The van der Waals surface area contributed by atoms with Gasteiger partial charge >= 0.3 is 0 Å². The van der Waals surface area contributed by atoms with E-state index in [1.807, 2.05) is 12.1 Å². The maximum absolute atomic E-state index is 14.0. The van der Waals surface area contributed by atoms with Crippen LogP contribution in [0, 0.1) is 11.7 Å². The molecule has 1 saturated heterocycles. The fourth-order valence-corrected chi connectivity index (χ4v) is 2.92. The smallest absolute Gasteiger partial charge is 0.257 e. The van der Waals surface area contributed by atoms with Crippen molar-refractivity contribution in [3.63, 3.8) is 0 Å². The summed E-state index contributed by atoms with van der Waals surface area (Å²) in [6.07, 6.45) is 4.48. The molecule has 1 aliphatic heterocycles. The fraction of sp³-hybridized carbons (Fsp3) is 0.333. The van der Waals surface area contributed by atoms with Gasteiger partial charge in [-0.05, 0) is 49.2 Å². The Balaban J connectivity index is 1.81. The summed E-state index contributed by atoms with van der Waals surface area (Å²) in [5, 5.41) is 3.31. The molecular formula is C18H20FN3O. The molecule has 1 aliphatic rings. The molecule has 2 heterocycles. The van der Waals surface area contributed by atoms with Crippen molar-refractivity contribution in [3.8, 4) is 0 Å². The molecule has 1 fully saturated rings. The van der Waals surface area contributed by atoms with Gasteiger partial charge in [-0.3, -0.25) is 9.78 Å². The number of halogens is 1. The maximum atomic E-state index is 14.0. The van der Waals surface area contributed by atoms with E-state index in [1.165, 1.54) is 6.07 Å². The van der Waals surface area contributed by atoms with Gasteiger partial charge in [0.15, 0.2) is 0 Å². The highest BCUT2D eigenvalue weighted by Gasteiger charge is 2.24. The molecule has 1 amide bonds. The number of nitrogens with one attached hydrogen (secondary N) is 1. The van der Waals surface area contributed by atoms with E-state index in [9.17, 15) is 9.18 Å². The summed E-state index contributed by atoms with van der Waals surface area (Å²) in [6, 6.07) is 9.93. The topological polar surface area (TPSA) is 45.2 Å². The summed E-state index contributed by atoms with van der Waals surface area (Å²) in [4.78, 5) is 18.6. The molecule has 5 heteroatoms. The second-order valence-corrected chi connectivity index (χ2v) is 5.89. The van der Waals surface area contributed by atoms with Gasteiger partial charge in [0.25, 0.3) is 5.91 Å². The van der Waals surface area contributed by atoms with Gasteiger partial charge in [0.1, 0.15) is 5.82 Å². The quantitative estimate of drug-likeness (QED) is 0.922. The van der Waals surface area contributed by atoms with E-state index in [0.29, 0.717) is 19.0 Å². The zero-order chi connectivity index (χ0) is 16.1. The molecule has 0 aliphatic carbocycles. The van der Waals surface area contributed by atoms with Gasteiger partial charge in [-0.15, -0.1) is 0 Å². The summed E-state index contributed by atoms with van der Waals surface area (Å²) >= 11 is 0. The molecule has 1 atom stereocenters. The van der Waals surface area contributed by atoms with Crippen molar-refractivity contribution in [2.75, 3.05) is 19.6 Å². The largest absolute Gasteiger partial charge is 0.334 e. The van der Waals surface area contributed by atoms with Crippen LogP contribution in [0.5, 0.6) is 0 Å². The Morgan fingerprint density at radius 3 is 2.87 bits per heavy atom. The van der Waals surface area contributed by atoms with Crippen molar-refractivity contribution in [1.82, 2.24) is 15.2 Å². The molecule has 0 bridgehead atoms. The number of hydrogen-bond donors (Lipinski definition) is 1. The molecule has 1 aromatic carbocycles. The van der Waals surface area contributed by atoms with E-state index in [-0.39, 0.29) is 11.5 Å². The van der Waals surface area contributed by atoms with Gasteiger partial charge in [0.2, 0.25) is 0 Å². The number of carbonyl (C=O) groups is 1. The summed E-state index contributed by atoms with van der Waals surface area (Å²) < 4.78 is 14.0. The Hall–Kier alpha value is -2.27. The Kier molecular flexibility index (Phi) is 4.98. The van der Waals surface area contributed by atoms with Crippen molar-refractivity contribution < 1.29 is 9.18 Å². The van der Waals surface area contributed by atoms with Crippen molar-refractivity contribution >= 4 is 5.91 Å². The van der Waals surface area contributed by atoms with E-state index in [1.54, 1.807) is 35.5 Å². The molecule has 3 rings (SSSR count). The summed E-state index contributed by atoms with van der Waals surface area (Å²) in [5.41, 5.74) is 1.07. The minimum atomic E-state index is -0.474. The van der Waals surface area contributed by atoms with Crippen LogP contribution in [0.3, 0.4) is 0 Å². The minimum absolute atomic E-state index is 0.127. The number of pyridine rings is 1. The molecule has 0 saturated carbocycles. The zero-order valence-electron chi connectivity index (χ0n) is 12.9. The molecular weight excluding hydrogens is 293 g/mol. The number of nitrogens with zero attached hydrogens (tertiary/aromatic N) is 2. The second kappa shape index (κ2) is 7.33. The van der Waals surface area contributed by atoms with Gasteiger partial charge in [-0.25, -0.2) is 4.39 Å². The van der Waals surface area contributed by atoms with E-state index < -0.39 is 5.82 Å². The Morgan fingerprint density at radius 1 is 1.30 bits per heavy atom. The van der Waals surface area contributed by atoms with Crippen molar-refractivity contribution in [2.24, 2.45) is 5.92 Å². The minimum Gasteiger partial charge on any atom is -0.334 e. The molecule has 0 spiro atoms. The van der Waals surface area contributed by atoms with Crippen LogP contribution >= 0.6 is 0 Å². The van der Waals surface area contributed by atoms with E-state index in [4.69, 9.17) is 0 Å². The monoisotopic (exact) mass is 313 g/mol. The van der Waals surface area contributed by atoms with Gasteiger partial charge < -0.3 is 10.2 Å². The average Bonchev–Trinajstić information content (AvgIpc) is 3.08. The van der Waals surface area contributed by atoms with Crippen LogP contribution in [-0.2, 0) is 6.54 Å². The van der Waals surface area contributed by atoms with Gasteiger partial charge in [0, 0.05) is 25.5 Å². The van der Waals surface area contributed by atoms with Crippen LogP contribution in [0.1, 0.15) is 22.3 Å². The Labute approximate surface area is 135 Å². The predicted molar refractivity (Wildman–Crippen MR) is 86.4 cm³/mol. The van der Waals surface area contributed by atoms with Crippen LogP contribution in [0.15, 0.2) is 48.8 Å². The van der Waals surface area contributed by atoms with E-state index >= 15 is 0 Å². The molecule has 2 aromatic rings. The lowest BCUT2D eigenvalue weighted by Crippen LogP contribution is -2.36. The third-order valence-electron chi connectivity index (χ3n) is 4.13. The lowest BCUT2D eigenvalue weighted by molar-refractivity contribution is 0.0713. The predicted octanol–water partition coefficient (Wildman–Crippen LogP) is 2.47. The van der Waals surface area contributed by atoms with Crippen LogP contribution in [0.2, 0.25) is 0 Å². The Bertz CT molecular complexity index is 656. The van der Waals surface area contributed by atoms with Crippen LogP contribution in [0.4, 0.5) is 4.39 Å². The number of rotatable bonds is 5. The Morgan fingerprint density at radius 2 is 2.17 bits per heavy atom. The summed E-state index contributed by atoms with van der Waals surface area (Å²) in [7, 11) is 0. The third kappa shape index (κ3) is 3.93. The van der Waals surface area contributed by atoms with Crippen LogP contribution < -0.4 is 5.32 Å². The second-order valence-electron chi connectivity index (χ2n) is 5.89. The highest BCUT2D eigenvalue weighted by atomic mass is 19.1. The lowest BCUT2D eigenvalue weighted by atomic mass is 10.1. The van der Waals surface area contributed by atoms with Gasteiger partial charge in [-0.1, -0.05) is 18.2 Å². The van der Waals surface area contributed by atoms with Crippen LogP contribution in [0.25, 0.3) is 0 Å². The molecule has 4 nitrogen and oxygen atoms in total. The molecule has 0 unspecified atom stereocenters. The highest BCUT2D eigenvalue weighted by Crippen LogP contribution is 2.17. The lowest BCUT2D eigenvalue weighted by Gasteiger charge is -2.26. The number of amides is 1. The van der Waals surface area contributed by atoms with Crippen molar-refractivity contribution in [2.45, 2.75) is 13.0 Å². The average molecular weight is 313 g/mol. The number of hydrogen-bond acceptors (Lipinski definition) is 3. The normalized spacial score (nSPS) is 17.2. The maximum Gasteiger partial charge on any atom is 0.257 e. The van der Waals surface area contributed by atoms with Gasteiger partial charge in [-0.2, -0.15) is 0 Å². The first-order valence-corrected chi connectivity index (χ1v) is 7.87. The first kappa shape index (κ1) is 15.6. The summed E-state index contributed by atoms with van der Waals surface area (Å²) in [5.74, 6) is -0.334. The number of benzene rings is 1. The van der Waals surface area contributed by atoms with E-state index in [2.05, 4.69) is 10.3 Å². The highest BCUT2D eigenvalue weighted by molar-refractivity contribution is 5.94. The molecule has 1 aromatic heterocycles.